The van der Waals surface area contributed by atoms with Gasteiger partial charge in [-0.2, -0.15) is 0 Å². The summed E-state index contributed by atoms with van der Waals surface area (Å²) < 4.78 is 17.9. The standard InChI is InChI=1S/C11H13FO4/c1-7(14)16-9-5-8(3-2-4-13)11(15)10(12)6-9/h5-6,13,15H,2-4H2,1H3. The van der Waals surface area contributed by atoms with Gasteiger partial charge in [-0.1, -0.05) is 0 Å². The molecule has 0 saturated carbocycles. The molecule has 5 heteroatoms. The Hall–Kier alpha value is -1.62. The maximum atomic E-state index is 13.2. The number of aromatic hydroxyl groups is 1. The zero-order valence-electron chi connectivity index (χ0n) is 8.86. The number of esters is 1. The molecule has 0 heterocycles. The van der Waals surface area contributed by atoms with E-state index in [4.69, 9.17) is 9.84 Å². The smallest absolute Gasteiger partial charge is 0.308 e. The fourth-order valence-electron chi connectivity index (χ4n) is 1.31. The van der Waals surface area contributed by atoms with E-state index in [9.17, 15) is 14.3 Å². The van der Waals surface area contributed by atoms with Crippen LogP contribution in [0.15, 0.2) is 12.1 Å². The number of hydrogen-bond donors (Lipinski definition) is 2. The highest BCUT2D eigenvalue weighted by Gasteiger charge is 2.11. The van der Waals surface area contributed by atoms with Crippen LogP contribution in [-0.4, -0.2) is 22.8 Å². The Labute approximate surface area is 92.3 Å². The SMILES string of the molecule is CC(=O)Oc1cc(F)c(O)c(CCCO)c1. The number of aryl methyl sites for hydroxylation is 1. The highest BCUT2D eigenvalue weighted by atomic mass is 19.1. The number of phenolic OH excluding ortho intramolecular Hbond substituents is 1. The molecule has 0 fully saturated rings. The first-order valence-corrected chi connectivity index (χ1v) is 4.85. The van der Waals surface area contributed by atoms with Crippen LogP contribution in [0.2, 0.25) is 0 Å². The number of carbonyl (C=O) groups is 1. The summed E-state index contributed by atoms with van der Waals surface area (Å²) in [5, 5.41) is 18.0. The van der Waals surface area contributed by atoms with Crippen LogP contribution in [0.1, 0.15) is 18.9 Å². The topological polar surface area (TPSA) is 66.8 Å². The van der Waals surface area contributed by atoms with Gasteiger partial charge in [0, 0.05) is 25.2 Å². The van der Waals surface area contributed by atoms with Crippen molar-refractivity contribution in [3.8, 4) is 11.5 Å². The highest BCUT2D eigenvalue weighted by Crippen LogP contribution is 2.28. The van der Waals surface area contributed by atoms with E-state index < -0.39 is 17.5 Å². The van der Waals surface area contributed by atoms with E-state index in [-0.39, 0.29) is 12.4 Å². The summed E-state index contributed by atoms with van der Waals surface area (Å²) in [6.45, 7) is 1.15. The second kappa shape index (κ2) is 5.46. The van der Waals surface area contributed by atoms with Crippen LogP contribution in [0.25, 0.3) is 0 Å². The van der Waals surface area contributed by atoms with Crippen molar-refractivity contribution in [1.29, 1.82) is 0 Å². The number of phenols is 1. The van der Waals surface area contributed by atoms with Crippen molar-refractivity contribution >= 4 is 5.97 Å². The third kappa shape index (κ3) is 3.20. The fourth-order valence-corrected chi connectivity index (χ4v) is 1.31. The molecule has 1 aromatic rings. The number of ether oxygens (including phenoxy) is 1. The number of hydrogen-bond acceptors (Lipinski definition) is 4. The zero-order valence-corrected chi connectivity index (χ0v) is 8.86. The van der Waals surface area contributed by atoms with Crippen molar-refractivity contribution in [2.75, 3.05) is 6.61 Å². The van der Waals surface area contributed by atoms with Gasteiger partial charge in [0.15, 0.2) is 11.6 Å². The molecule has 2 N–H and O–H groups in total. The molecule has 16 heavy (non-hydrogen) atoms. The average molecular weight is 228 g/mol. The lowest BCUT2D eigenvalue weighted by Crippen LogP contribution is -2.03. The van der Waals surface area contributed by atoms with Gasteiger partial charge in [0.05, 0.1) is 0 Å². The molecule has 0 unspecified atom stereocenters. The zero-order chi connectivity index (χ0) is 12.1. The minimum Gasteiger partial charge on any atom is -0.505 e. The molecule has 0 saturated heterocycles. The van der Waals surface area contributed by atoms with E-state index in [1.165, 1.54) is 13.0 Å². The number of halogens is 1. The maximum Gasteiger partial charge on any atom is 0.308 e. The van der Waals surface area contributed by atoms with Crippen LogP contribution in [0.4, 0.5) is 4.39 Å². The van der Waals surface area contributed by atoms with Crippen LogP contribution >= 0.6 is 0 Å². The Morgan fingerprint density at radius 3 is 2.75 bits per heavy atom. The summed E-state index contributed by atoms with van der Waals surface area (Å²) in [7, 11) is 0. The average Bonchev–Trinajstić information content (AvgIpc) is 2.20. The second-order valence-electron chi connectivity index (χ2n) is 3.33. The third-order valence-electron chi connectivity index (χ3n) is 1.98. The molecular formula is C11H13FO4. The van der Waals surface area contributed by atoms with Gasteiger partial charge < -0.3 is 14.9 Å². The quantitative estimate of drug-likeness (QED) is 0.603. The molecule has 0 aliphatic carbocycles. The molecule has 0 aromatic heterocycles. The van der Waals surface area contributed by atoms with Crippen LogP contribution in [-0.2, 0) is 11.2 Å². The lowest BCUT2D eigenvalue weighted by atomic mass is 10.1. The number of carbonyl (C=O) groups excluding carboxylic acids is 1. The van der Waals surface area contributed by atoms with Crippen molar-refractivity contribution in [2.45, 2.75) is 19.8 Å². The van der Waals surface area contributed by atoms with E-state index in [0.29, 0.717) is 18.4 Å². The molecule has 0 spiro atoms. The molecule has 0 bridgehead atoms. The number of aliphatic hydroxyl groups is 1. The number of benzene rings is 1. The van der Waals surface area contributed by atoms with E-state index in [0.717, 1.165) is 6.07 Å². The van der Waals surface area contributed by atoms with Gasteiger partial charge in [0.2, 0.25) is 0 Å². The summed E-state index contributed by atoms with van der Waals surface area (Å²) in [6, 6.07) is 2.33. The van der Waals surface area contributed by atoms with Crippen LogP contribution in [0, 0.1) is 5.82 Å². The lowest BCUT2D eigenvalue weighted by Gasteiger charge is -2.08. The lowest BCUT2D eigenvalue weighted by molar-refractivity contribution is -0.131. The predicted octanol–water partition coefficient (Wildman–Crippen LogP) is 1.38. The molecule has 0 radical (unpaired) electrons. The highest BCUT2D eigenvalue weighted by molar-refractivity contribution is 5.69. The molecule has 0 amide bonds. The molecule has 1 rings (SSSR count). The summed E-state index contributed by atoms with van der Waals surface area (Å²) in [4.78, 5) is 10.7. The minimum atomic E-state index is -0.841. The monoisotopic (exact) mass is 228 g/mol. The van der Waals surface area contributed by atoms with Crippen molar-refractivity contribution in [3.63, 3.8) is 0 Å². The summed E-state index contributed by atoms with van der Waals surface area (Å²) >= 11 is 0. The van der Waals surface area contributed by atoms with Crippen LogP contribution < -0.4 is 4.74 Å². The Balaban J connectivity index is 2.96. The molecule has 0 atom stereocenters. The van der Waals surface area contributed by atoms with E-state index in [1.807, 2.05) is 0 Å². The first-order valence-electron chi connectivity index (χ1n) is 4.85. The van der Waals surface area contributed by atoms with Gasteiger partial charge in [-0.05, 0) is 18.9 Å². The van der Waals surface area contributed by atoms with Crippen molar-refractivity contribution < 1.29 is 24.1 Å². The van der Waals surface area contributed by atoms with Crippen LogP contribution in [0.5, 0.6) is 11.5 Å². The second-order valence-corrected chi connectivity index (χ2v) is 3.33. The first-order chi connectivity index (χ1) is 7.54. The summed E-state index contributed by atoms with van der Waals surface area (Å²) in [5.41, 5.74) is 0.310. The van der Waals surface area contributed by atoms with Gasteiger partial charge in [0.1, 0.15) is 5.75 Å². The van der Waals surface area contributed by atoms with Gasteiger partial charge in [-0.15, -0.1) is 0 Å². The number of aliphatic hydroxyl groups excluding tert-OH is 1. The third-order valence-corrected chi connectivity index (χ3v) is 1.98. The minimum absolute atomic E-state index is 0.0516. The van der Waals surface area contributed by atoms with Crippen molar-refractivity contribution in [3.05, 3.63) is 23.5 Å². The Morgan fingerprint density at radius 1 is 1.50 bits per heavy atom. The Bertz CT molecular complexity index is 390. The summed E-state index contributed by atoms with van der Waals surface area (Å²) in [6.07, 6.45) is 0.713. The maximum absolute atomic E-state index is 13.2. The van der Waals surface area contributed by atoms with Gasteiger partial charge in [-0.25, -0.2) is 4.39 Å². The Morgan fingerprint density at radius 2 is 2.19 bits per heavy atom. The fraction of sp³-hybridized carbons (Fsp3) is 0.364. The number of rotatable bonds is 4. The Kier molecular flexibility index (Phi) is 4.25. The molecule has 1 aromatic carbocycles. The molecule has 4 nitrogen and oxygen atoms in total. The van der Waals surface area contributed by atoms with Gasteiger partial charge in [-0.3, -0.25) is 4.79 Å². The van der Waals surface area contributed by atoms with Crippen LogP contribution in [0.3, 0.4) is 0 Å². The van der Waals surface area contributed by atoms with E-state index in [2.05, 4.69) is 0 Å². The predicted molar refractivity (Wildman–Crippen MR) is 54.8 cm³/mol. The van der Waals surface area contributed by atoms with Gasteiger partial charge >= 0.3 is 5.97 Å². The van der Waals surface area contributed by atoms with Crippen molar-refractivity contribution in [2.24, 2.45) is 0 Å². The van der Waals surface area contributed by atoms with E-state index >= 15 is 0 Å². The molecule has 0 aliphatic heterocycles. The summed E-state index contributed by atoms with van der Waals surface area (Å²) in [5.74, 6) is -1.81. The van der Waals surface area contributed by atoms with Gasteiger partial charge in [0.25, 0.3) is 0 Å². The van der Waals surface area contributed by atoms with Crippen molar-refractivity contribution in [1.82, 2.24) is 0 Å². The molecule has 88 valence electrons. The normalized spacial score (nSPS) is 10.2. The van der Waals surface area contributed by atoms with E-state index in [1.54, 1.807) is 0 Å². The molecule has 0 aliphatic rings. The first kappa shape index (κ1) is 12.4. The molecular weight excluding hydrogens is 215 g/mol. The largest absolute Gasteiger partial charge is 0.505 e.